The molecule has 100 valence electrons. The van der Waals surface area contributed by atoms with E-state index in [2.05, 4.69) is 40.4 Å². The Labute approximate surface area is 108 Å². The lowest BCUT2D eigenvalue weighted by atomic mass is 10.2. The number of ether oxygens (including phenoxy) is 1. The van der Waals surface area contributed by atoms with Crippen molar-refractivity contribution in [1.82, 2.24) is 0 Å². The molecule has 1 unspecified atom stereocenters. The van der Waals surface area contributed by atoms with Crippen molar-refractivity contribution in [3.8, 4) is 0 Å². The largest absolute Gasteiger partial charge is 0.417 e. The molecule has 0 N–H and O–H groups in total. The van der Waals surface area contributed by atoms with Crippen molar-refractivity contribution in [2.24, 2.45) is 0 Å². The van der Waals surface area contributed by atoms with Gasteiger partial charge < -0.3 is 9.16 Å². The van der Waals surface area contributed by atoms with Gasteiger partial charge in [-0.05, 0) is 36.5 Å². The van der Waals surface area contributed by atoms with Crippen LogP contribution in [0.25, 0.3) is 0 Å². The van der Waals surface area contributed by atoms with E-state index in [-0.39, 0.29) is 0 Å². The van der Waals surface area contributed by atoms with Gasteiger partial charge in [0.15, 0.2) is 8.32 Å². The van der Waals surface area contributed by atoms with Crippen LogP contribution >= 0.6 is 0 Å². The van der Waals surface area contributed by atoms with Crippen LogP contribution in [0.1, 0.15) is 40.0 Å². The Balaban J connectivity index is 2.01. The maximum Gasteiger partial charge on any atom is 0.191 e. The second-order valence-corrected chi connectivity index (χ2v) is 11.3. The van der Waals surface area contributed by atoms with Crippen LogP contribution in [0.3, 0.4) is 0 Å². The molecule has 0 saturated heterocycles. The summed E-state index contributed by atoms with van der Waals surface area (Å²) in [7, 11) is -1.54. The highest BCUT2D eigenvalue weighted by Gasteiger charge is 2.36. The molecule has 1 aliphatic carbocycles. The smallest absolute Gasteiger partial charge is 0.191 e. The van der Waals surface area contributed by atoms with E-state index >= 15 is 0 Å². The Bertz CT molecular complexity index is 266. The summed E-state index contributed by atoms with van der Waals surface area (Å²) in [5, 5.41) is 0.315. The Kier molecular flexibility index (Phi) is 4.99. The molecule has 0 bridgehead atoms. The average molecular weight is 256 g/mol. The monoisotopic (exact) mass is 256 g/mol. The average Bonchev–Trinajstić information content (AvgIpc) is 2.86. The van der Waals surface area contributed by atoms with Crippen molar-refractivity contribution in [2.75, 3.05) is 13.2 Å². The summed E-state index contributed by atoms with van der Waals surface area (Å²) in [6.45, 7) is 17.1. The Hall–Kier alpha value is -0.123. The van der Waals surface area contributed by atoms with Gasteiger partial charge in [0, 0.05) is 19.6 Å². The SMILES string of the molecule is C=C1CC1OCCCCO[Si](C)(C)C(C)(C)C. The summed E-state index contributed by atoms with van der Waals surface area (Å²) in [6, 6.07) is 0. The summed E-state index contributed by atoms with van der Waals surface area (Å²) in [5.41, 5.74) is 1.25. The number of unbranched alkanes of at least 4 members (excludes halogenated alkanes) is 1. The van der Waals surface area contributed by atoms with Crippen LogP contribution in [0.15, 0.2) is 12.2 Å². The predicted octanol–water partition coefficient (Wildman–Crippen LogP) is 4.13. The fraction of sp³-hybridized carbons (Fsp3) is 0.857. The van der Waals surface area contributed by atoms with Gasteiger partial charge in [-0.2, -0.15) is 0 Å². The van der Waals surface area contributed by atoms with Gasteiger partial charge in [0.05, 0.1) is 6.10 Å². The summed E-state index contributed by atoms with van der Waals surface area (Å²) in [6.07, 6.45) is 3.64. The third-order valence-corrected chi connectivity index (χ3v) is 8.41. The summed E-state index contributed by atoms with van der Waals surface area (Å²) < 4.78 is 11.7. The molecule has 17 heavy (non-hydrogen) atoms. The minimum Gasteiger partial charge on any atom is -0.417 e. The second kappa shape index (κ2) is 5.68. The summed E-state index contributed by atoms with van der Waals surface area (Å²) in [5.74, 6) is 0. The maximum atomic E-state index is 6.10. The molecule has 1 rings (SSSR count). The van der Waals surface area contributed by atoms with E-state index < -0.39 is 8.32 Å². The third-order valence-electron chi connectivity index (χ3n) is 3.87. The van der Waals surface area contributed by atoms with Crippen molar-refractivity contribution in [2.45, 2.75) is 64.3 Å². The van der Waals surface area contributed by atoms with Crippen molar-refractivity contribution < 1.29 is 9.16 Å². The molecule has 1 atom stereocenters. The molecule has 1 fully saturated rings. The molecule has 0 aromatic rings. The zero-order valence-corrected chi connectivity index (χ0v) is 13.1. The van der Waals surface area contributed by atoms with Gasteiger partial charge in [-0.1, -0.05) is 27.4 Å². The molecule has 0 amide bonds. The van der Waals surface area contributed by atoms with Crippen LogP contribution in [-0.4, -0.2) is 27.6 Å². The van der Waals surface area contributed by atoms with Crippen molar-refractivity contribution in [3.63, 3.8) is 0 Å². The lowest BCUT2D eigenvalue weighted by Gasteiger charge is -2.36. The number of hydrogen-bond acceptors (Lipinski definition) is 2. The molecule has 2 nitrogen and oxygen atoms in total. The lowest BCUT2D eigenvalue weighted by Crippen LogP contribution is -2.40. The topological polar surface area (TPSA) is 18.5 Å². The zero-order valence-electron chi connectivity index (χ0n) is 12.1. The first-order valence-corrected chi connectivity index (χ1v) is 9.58. The minimum atomic E-state index is -1.54. The molecule has 0 aliphatic heterocycles. The fourth-order valence-electron chi connectivity index (χ4n) is 1.33. The number of rotatable bonds is 7. The third kappa shape index (κ3) is 4.94. The second-order valence-electron chi connectivity index (χ2n) is 6.54. The molecular weight excluding hydrogens is 228 g/mol. The molecule has 0 aromatic carbocycles. The van der Waals surface area contributed by atoms with E-state index in [4.69, 9.17) is 9.16 Å². The van der Waals surface area contributed by atoms with Gasteiger partial charge in [-0.15, -0.1) is 0 Å². The quantitative estimate of drug-likeness (QED) is 0.387. The molecule has 1 saturated carbocycles. The normalized spacial score (nSPS) is 20.8. The van der Waals surface area contributed by atoms with E-state index in [0.29, 0.717) is 11.1 Å². The van der Waals surface area contributed by atoms with Crippen LogP contribution in [0.2, 0.25) is 18.1 Å². The first kappa shape index (κ1) is 14.9. The zero-order chi connectivity index (χ0) is 13.1. The molecular formula is C14H28O2Si. The Morgan fingerprint density at radius 3 is 2.24 bits per heavy atom. The van der Waals surface area contributed by atoms with Gasteiger partial charge in [-0.3, -0.25) is 0 Å². The highest BCUT2D eigenvalue weighted by atomic mass is 28.4. The first-order valence-electron chi connectivity index (χ1n) is 6.67. The van der Waals surface area contributed by atoms with E-state index in [9.17, 15) is 0 Å². The molecule has 3 heteroatoms. The molecule has 1 aliphatic rings. The Morgan fingerprint density at radius 1 is 1.24 bits per heavy atom. The van der Waals surface area contributed by atoms with Gasteiger partial charge in [0.2, 0.25) is 0 Å². The van der Waals surface area contributed by atoms with Gasteiger partial charge in [0.25, 0.3) is 0 Å². The van der Waals surface area contributed by atoms with Crippen LogP contribution in [0.5, 0.6) is 0 Å². The minimum absolute atomic E-state index is 0.315. The molecule has 0 heterocycles. The van der Waals surface area contributed by atoms with Crippen LogP contribution < -0.4 is 0 Å². The Morgan fingerprint density at radius 2 is 1.76 bits per heavy atom. The molecule has 0 radical (unpaired) electrons. The molecule has 0 aromatic heterocycles. The van der Waals surface area contributed by atoms with Crippen LogP contribution in [0.4, 0.5) is 0 Å². The van der Waals surface area contributed by atoms with Crippen molar-refractivity contribution in [1.29, 1.82) is 0 Å². The van der Waals surface area contributed by atoms with E-state index in [1.165, 1.54) is 5.57 Å². The predicted molar refractivity (Wildman–Crippen MR) is 75.9 cm³/mol. The summed E-state index contributed by atoms with van der Waals surface area (Å²) >= 11 is 0. The standard InChI is InChI=1S/C14H28O2Si/c1-12-11-13(12)15-9-7-8-10-16-17(5,6)14(2,3)4/h13H,1,7-11H2,2-6H3. The lowest BCUT2D eigenvalue weighted by molar-refractivity contribution is 0.119. The van der Waals surface area contributed by atoms with E-state index in [0.717, 1.165) is 32.5 Å². The van der Waals surface area contributed by atoms with E-state index in [1.54, 1.807) is 0 Å². The van der Waals surface area contributed by atoms with Gasteiger partial charge in [0.1, 0.15) is 0 Å². The number of hydrogen-bond donors (Lipinski definition) is 0. The van der Waals surface area contributed by atoms with E-state index in [1.807, 2.05) is 0 Å². The fourth-order valence-corrected chi connectivity index (χ4v) is 2.42. The first-order chi connectivity index (χ1) is 7.74. The highest BCUT2D eigenvalue weighted by Crippen LogP contribution is 2.36. The van der Waals surface area contributed by atoms with Crippen LogP contribution in [0, 0.1) is 0 Å². The van der Waals surface area contributed by atoms with Crippen molar-refractivity contribution >= 4 is 8.32 Å². The highest BCUT2D eigenvalue weighted by molar-refractivity contribution is 6.74. The van der Waals surface area contributed by atoms with Crippen molar-refractivity contribution in [3.05, 3.63) is 12.2 Å². The van der Waals surface area contributed by atoms with Gasteiger partial charge in [-0.25, -0.2) is 0 Å². The molecule has 0 spiro atoms. The van der Waals surface area contributed by atoms with Crippen LogP contribution in [-0.2, 0) is 9.16 Å². The maximum absolute atomic E-state index is 6.10. The summed E-state index contributed by atoms with van der Waals surface area (Å²) in [4.78, 5) is 0. The van der Waals surface area contributed by atoms with Gasteiger partial charge >= 0.3 is 0 Å².